The van der Waals surface area contributed by atoms with Crippen LogP contribution >= 0.6 is 11.6 Å². The maximum absolute atomic E-state index is 8.42. The topological polar surface area (TPSA) is 67.8 Å². The lowest BCUT2D eigenvalue weighted by atomic mass is 10.2. The Bertz CT molecular complexity index is 339. The normalized spacial score (nSPS) is 11.4. The molecular weight excluding hydrogens is 192 g/mol. The summed E-state index contributed by atoms with van der Waals surface area (Å²) in [4.78, 5) is 0. The summed E-state index contributed by atoms with van der Waals surface area (Å²) in [7, 11) is 1.52. The van der Waals surface area contributed by atoms with Crippen molar-refractivity contribution < 1.29 is 9.94 Å². The molecule has 0 aliphatic carbocycles. The highest BCUT2D eigenvalue weighted by Gasteiger charge is 2.03. The first kappa shape index (κ1) is 9.67. The highest BCUT2D eigenvalue weighted by Crippen LogP contribution is 2.20. The average molecular weight is 201 g/mol. The molecule has 0 aliphatic heterocycles. The summed E-state index contributed by atoms with van der Waals surface area (Å²) in [6, 6.07) is 4.84. The summed E-state index contributed by atoms with van der Waals surface area (Å²) < 4.78 is 4.95. The minimum atomic E-state index is 0.000741. The van der Waals surface area contributed by atoms with Crippen LogP contribution in [0.25, 0.3) is 0 Å². The Balaban J connectivity index is 3.16. The number of amidine groups is 1. The molecule has 70 valence electrons. The molecule has 0 saturated heterocycles. The fourth-order valence-corrected chi connectivity index (χ4v) is 1.11. The lowest BCUT2D eigenvalue weighted by molar-refractivity contribution is 0.318. The Morgan fingerprint density at radius 2 is 2.23 bits per heavy atom. The quantitative estimate of drug-likeness (QED) is 0.329. The third-order valence-corrected chi connectivity index (χ3v) is 1.73. The largest absolute Gasteiger partial charge is 0.497 e. The van der Waals surface area contributed by atoms with E-state index in [1.54, 1.807) is 18.2 Å². The number of nitrogens with two attached hydrogens (primary N) is 1. The molecule has 0 amide bonds. The van der Waals surface area contributed by atoms with Gasteiger partial charge >= 0.3 is 0 Å². The minimum absolute atomic E-state index is 0.000741. The van der Waals surface area contributed by atoms with Crippen molar-refractivity contribution in [2.45, 2.75) is 0 Å². The third kappa shape index (κ3) is 2.26. The van der Waals surface area contributed by atoms with Crippen LogP contribution in [0.15, 0.2) is 23.4 Å². The van der Waals surface area contributed by atoms with Crippen LogP contribution in [0.5, 0.6) is 5.75 Å². The number of nitrogens with zero attached hydrogens (tertiary/aromatic N) is 1. The molecule has 4 nitrogen and oxygen atoms in total. The third-order valence-electron chi connectivity index (χ3n) is 1.51. The van der Waals surface area contributed by atoms with Gasteiger partial charge in [0.2, 0.25) is 0 Å². The first-order valence-corrected chi connectivity index (χ1v) is 3.87. The molecule has 0 unspecified atom stereocenters. The van der Waals surface area contributed by atoms with Gasteiger partial charge in [-0.2, -0.15) is 0 Å². The molecule has 0 aliphatic rings. The smallest absolute Gasteiger partial charge is 0.170 e. The number of hydrogen-bond donors (Lipinski definition) is 2. The van der Waals surface area contributed by atoms with Crippen LogP contribution in [0.2, 0.25) is 5.02 Å². The first-order chi connectivity index (χ1) is 6.17. The van der Waals surface area contributed by atoms with Gasteiger partial charge in [0.1, 0.15) is 5.75 Å². The SMILES string of the molecule is COc1cc(Cl)cc(/C(N)=N/O)c1. The summed E-state index contributed by atoms with van der Waals surface area (Å²) in [5.74, 6) is 0.565. The average Bonchev–Trinajstić information content (AvgIpc) is 2.15. The lowest BCUT2D eigenvalue weighted by Crippen LogP contribution is -2.12. The van der Waals surface area contributed by atoms with Crippen molar-refractivity contribution in [3.05, 3.63) is 28.8 Å². The monoisotopic (exact) mass is 200 g/mol. The molecule has 0 bridgehead atoms. The van der Waals surface area contributed by atoms with Gasteiger partial charge in [-0.25, -0.2) is 0 Å². The van der Waals surface area contributed by atoms with Crippen molar-refractivity contribution in [2.75, 3.05) is 7.11 Å². The number of methoxy groups -OCH3 is 1. The predicted molar refractivity (Wildman–Crippen MR) is 50.5 cm³/mol. The van der Waals surface area contributed by atoms with E-state index in [9.17, 15) is 0 Å². The summed E-state index contributed by atoms with van der Waals surface area (Å²) >= 11 is 5.76. The molecule has 0 spiro atoms. The Morgan fingerprint density at radius 1 is 1.54 bits per heavy atom. The number of halogens is 1. The molecule has 0 atom stereocenters. The highest BCUT2D eigenvalue weighted by atomic mass is 35.5. The molecule has 1 aromatic rings. The molecule has 13 heavy (non-hydrogen) atoms. The first-order valence-electron chi connectivity index (χ1n) is 3.50. The Labute approximate surface area is 80.6 Å². The van der Waals surface area contributed by atoms with Crippen molar-refractivity contribution in [2.24, 2.45) is 10.9 Å². The Morgan fingerprint density at radius 3 is 2.77 bits per heavy atom. The second kappa shape index (κ2) is 4.00. The van der Waals surface area contributed by atoms with Crippen LogP contribution in [0, 0.1) is 0 Å². The molecule has 0 heterocycles. The van der Waals surface area contributed by atoms with E-state index in [4.69, 9.17) is 27.3 Å². The van der Waals surface area contributed by atoms with E-state index in [0.717, 1.165) is 0 Å². The van der Waals surface area contributed by atoms with Crippen LogP contribution in [-0.4, -0.2) is 18.2 Å². The van der Waals surface area contributed by atoms with E-state index < -0.39 is 0 Å². The fourth-order valence-electron chi connectivity index (χ4n) is 0.886. The standard InChI is InChI=1S/C8H9ClN2O2/c1-13-7-3-5(8(10)11-12)2-6(9)4-7/h2-4,12H,1H3,(H2,10,11). The van der Waals surface area contributed by atoms with Gasteiger partial charge in [0.15, 0.2) is 5.84 Å². The van der Waals surface area contributed by atoms with Crippen LogP contribution in [0.1, 0.15) is 5.56 Å². The zero-order valence-electron chi connectivity index (χ0n) is 6.99. The molecule has 0 aromatic heterocycles. The van der Waals surface area contributed by atoms with Gasteiger partial charge < -0.3 is 15.7 Å². The van der Waals surface area contributed by atoms with Gasteiger partial charge in [0, 0.05) is 10.6 Å². The van der Waals surface area contributed by atoms with Crippen molar-refractivity contribution in [1.82, 2.24) is 0 Å². The molecule has 0 fully saturated rings. The van der Waals surface area contributed by atoms with E-state index in [1.165, 1.54) is 7.11 Å². The summed E-state index contributed by atoms with van der Waals surface area (Å²) in [5.41, 5.74) is 5.89. The van der Waals surface area contributed by atoms with Gasteiger partial charge in [-0.15, -0.1) is 0 Å². The Hall–Kier alpha value is -1.42. The zero-order chi connectivity index (χ0) is 9.84. The minimum Gasteiger partial charge on any atom is -0.497 e. The second-order valence-corrected chi connectivity index (χ2v) is 2.80. The van der Waals surface area contributed by atoms with E-state index in [0.29, 0.717) is 16.3 Å². The van der Waals surface area contributed by atoms with Crippen LogP contribution in [0.4, 0.5) is 0 Å². The van der Waals surface area contributed by atoms with E-state index >= 15 is 0 Å². The highest BCUT2D eigenvalue weighted by molar-refractivity contribution is 6.31. The van der Waals surface area contributed by atoms with Gasteiger partial charge in [-0.3, -0.25) is 0 Å². The van der Waals surface area contributed by atoms with E-state index in [2.05, 4.69) is 5.16 Å². The van der Waals surface area contributed by atoms with Gasteiger partial charge in [-0.1, -0.05) is 16.8 Å². The van der Waals surface area contributed by atoms with Crippen LogP contribution < -0.4 is 10.5 Å². The fraction of sp³-hybridized carbons (Fsp3) is 0.125. The molecule has 1 aromatic carbocycles. The molecule has 3 N–H and O–H groups in total. The van der Waals surface area contributed by atoms with Crippen molar-refractivity contribution in [3.8, 4) is 5.75 Å². The Kier molecular flexibility index (Phi) is 2.97. The van der Waals surface area contributed by atoms with Gasteiger partial charge in [-0.05, 0) is 18.2 Å². The number of hydrogen-bond acceptors (Lipinski definition) is 3. The number of benzene rings is 1. The van der Waals surface area contributed by atoms with Gasteiger partial charge in [0.05, 0.1) is 7.11 Å². The van der Waals surface area contributed by atoms with E-state index in [-0.39, 0.29) is 5.84 Å². The van der Waals surface area contributed by atoms with Crippen molar-refractivity contribution >= 4 is 17.4 Å². The van der Waals surface area contributed by atoms with Crippen LogP contribution in [0.3, 0.4) is 0 Å². The number of oxime groups is 1. The maximum atomic E-state index is 8.42. The predicted octanol–water partition coefficient (Wildman–Crippen LogP) is 1.44. The number of ether oxygens (including phenoxy) is 1. The summed E-state index contributed by atoms with van der Waals surface area (Å²) in [6.45, 7) is 0. The molecule has 5 heteroatoms. The zero-order valence-corrected chi connectivity index (χ0v) is 7.75. The molecular formula is C8H9ClN2O2. The van der Waals surface area contributed by atoms with Gasteiger partial charge in [0.25, 0.3) is 0 Å². The second-order valence-electron chi connectivity index (χ2n) is 2.36. The number of rotatable bonds is 2. The summed E-state index contributed by atoms with van der Waals surface area (Å²) in [6.07, 6.45) is 0. The van der Waals surface area contributed by atoms with E-state index in [1.807, 2.05) is 0 Å². The lowest BCUT2D eigenvalue weighted by Gasteiger charge is -2.03. The molecule has 0 saturated carbocycles. The molecule has 1 rings (SSSR count). The van der Waals surface area contributed by atoms with Crippen LogP contribution in [-0.2, 0) is 0 Å². The molecule has 0 radical (unpaired) electrons. The summed E-state index contributed by atoms with van der Waals surface area (Å²) in [5, 5.41) is 11.8. The maximum Gasteiger partial charge on any atom is 0.170 e. The van der Waals surface area contributed by atoms with Crippen molar-refractivity contribution in [1.29, 1.82) is 0 Å². The van der Waals surface area contributed by atoms with Crippen molar-refractivity contribution in [3.63, 3.8) is 0 Å².